The Morgan fingerprint density at radius 3 is 2.38 bits per heavy atom. The molecule has 6 aromatic rings. The molecule has 200 valence electrons. The molecular formula is C31H25Cl2N5O2. The molecule has 0 spiro atoms. The van der Waals surface area contributed by atoms with Crippen molar-refractivity contribution < 1.29 is 9.84 Å². The molecule has 0 amide bonds. The molecule has 0 fully saturated rings. The van der Waals surface area contributed by atoms with E-state index in [0.29, 0.717) is 50.1 Å². The number of nitrogens with zero attached hydrogens (tertiary/aromatic N) is 5. The number of halogens is 2. The SMILES string of the molecule is COc1nc2ccc([C@@](O)(c3ccc(Cl)cc3)c3cncn3C)cc2c(Cl)c1Cc1ccc(-n2cccn2)cc1. The quantitative estimate of drug-likeness (QED) is 0.242. The number of fused-ring (bicyclic) bond motifs is 1. The monoisotopic (exact) mass is 569 g/mol. The second kappa shape index (κ2) is 10.4. The van der Waals surface area contributed by atoms with E-state index in [1.165, 1.54) is 0 Å². The highest BCUT2D eigenvalue weighted by Crippen LogP contribution is 2.41. The van der Waals surface area contributed by atoms with E-state index in [1.54, 1.807) is 47.2 Å². The Hall–Kier alpha value is -4.17. The lowest BCUT2D eigenvalue weighted by Gasteiger charge is -2.30. The highest BCUT2D eigenvalue weighted by atomic mass is 35.5. The van der Waals surface area contributed by atoms with Crippen molar-refractivity contribution in [1.82, 2.24) is 24.3 Å². The Bertz CT molecular complexity index is 1800. The summed E-state index contributed by atoms with van der Waals surface area (Å²) >= 11 is 13.3. The molecular weight excluding hydrogens is 545 g/mol. The number of rotatable bonds is 7. The molecule has 3 aromatic carbocycles. The van der Waals surface area contributed by atoms with Crippen LogP contribution in [0.4, 0.5) is 0 Å². The van der Waals surface area contributed by atoms with Gasteiger partial charge in [-0.3, -0.25) is 0 Å². The normalized spacial score (nSPS) is 12.9. The topological polar surface area (TPSA) is 78.0 Å². The fourth-order valence-corrected chi connectivity index (χ4v) is 5.47. The Morgan fingerprint density at radius 2 is 1.73 bits per heavy atom. The van der Waals surface area contributed by atoms with Gasteiger partial charge in [0.25, 0.3) is 0 Å². The standard InChI is InChI=1S/C31H25Cl2N5O2/c1-37-19-34-18-28(37)31(39,21-6-9-23(32)10-7-21)22-8-13-27-25(17-22)29(33)26(30(36-27)40-2)16-20-4-11-24(12-5-20)38-15-3-14-35-38/h3-15,17-19,39H,16H2,1-2H3/t31-/m0/s1. The molecule has 0 bridgehead atoms. The van der Waals surface area contributed by atoms with Crippen LogP contribution in [0.15, 0.2) is 97.7 Å². The fraction of sp³-hybridized carbons (Fsp3) is 0.129. The molecule has 0 aliphatic heterocycles. The number of aliphatic hydroxyl groups is 1. The highest BCUT2D eigenvalue weighted by Gasteiger charge is 2.37. The van der Waals surface area contributed by atoms with Crippen molar-refractivity contribution in [2.24, 2.45) is 7.05 Å². The first kappa shape index (κ1) is 26.1. The third-order valence-electron chi connectivity index (χ3n) is 7.12. The summed E-state index contributed by atoms with van der Waals surface area (Å²) in [6.45, 7) is 0. The minimum atomic E-state index is -1.52. The van der Waals surface area contributed by atoms with Gasteiger partial charge in [-0.15, -0.1) is 0 Å². The molecule has 3 aromatic heterocycles. The lowest BCUT2D eigenvalue weighted by Crippen LogP contribution is -2.31. The molecule has 0 radical (unpaired) electrons. The Morgan fingerprint density at radius 1 is 0.975 bits per heavy atom. The van der Waals surface area contributed by atoms with Crippen LogP contribution in [0.5, 0.6) is 5.88 Å². The summed E-state index contributed by atoms with van der Waals surface area (Å²) in [4.78, 5) is 9.02. The molecule has 3 heterocycles. The Balaban J connectivity index is 1.46. The van der Waals surface area contributed by atoms with E-state index in [-0.39, 0.29) is 0 Å². The van der Waals surface area contributed by atoms with Crippen molar-refractivity contribution in [2.75, 3.05) is 7.11 Å². The molecule has 0 aliphatic rings. The number of methoxy groups -OCH3 is 1. The van der Waals surface area contributed by atoms with Crippen LogP contribution in [0.3, 0.4) is 0 Å². The molecule has 1 atom stereocenters. The van der Waals surface area contributed by atoms with Crippen LogP contribution in [-0.4, -0.2) is 36.5 Å². The first-order chi connectivity index (χ1) is 19.4. The van der Waals surface area contributed by atoms with E-state index in [9.17, 15) is 5.11 Å². The lowest BCUT2D eigenvalue weighted by molar-refractivity contribution is 0.117. The zero-order valence-corrected chi connectivity index (χ0v) is 23.3. The van der Waals surface area contributed by atoms with Gasteiger partial charge in [-0.25, -0.2) is 14.6 Å². The van der Waals surface area contributed by atoms with Crippen molar-refractivity contribution >= 4 is 34.1 Å². The largest absolute Gasteiger partial charge is 0.481 e. The molecule has 7 nitrogen and oxygen atoms in total. The number of hydrogen-bond acceptors (Lipinski definition) is 5. The Kier molecular flexibility index (Phi) is 6.80. The second-order valence-electron chi connectivity index (χ2n) is 9.55. The predicted octanol–water partition coefficient (Wildman–Crippen LogP) is 6.34. The van der Waals surface area contributed by atoms with E-state index >= 15 is 0 Å². The van der Waals surface area contributed by atoms with Gasteiger partial charge in [0.1, 0.15) is 0 Å². The average molecular weight is 570 g/mol. The first-order valence-corrected chi connectivity index (χ1v) is 13.3. The first-order valence-electron chi connectivity index (χ1n) is 12.6. The summed E-state index contributed by atoms with van der Waals surface area (Å²) < 4.78 is 9.26. The molecule has 0 saturated carbocycles. The van der Waals surface area contributed by atoms with Crippen LogP contribution in [0.25, 0.3) is 16.6 Å². The van der Waals surface area contributed by atoms with E-state index in [1.807, 2.05) is 73.9 Å². The minimum Gasteiger partial charge on any atom is -0.481 e. The molecule has 0 unspecified atom stereocenters. The maximum Gasteiger partial charge on any atom is 0.218 e. The van der Waals surface area contributed by atoms with Crippen LogP contribution in [0, 0.1) is 0 Å². The van der Waals surface area contributed by atoms with Crippen molar-refractivity contribution in [2.45, 2.75) is 12.0 Å². The molecule has 0 saturated heterocycles. The van der Waals surface area contributed by atoms with Crippen molar-refractivity contribution in [3.05, 3.63) is 136 Å². The number of hydrogen-bond donors (Lipinski definition) is 1. The van der Waals surface area contributed by atoms with Crippen molar-refractivity contribution in [3.63, 3.8) is 0 Å². The van der Waals surface area contributed by atoms with Gasteiger partial charge in [-0.1, -0.05) is 53.5 Å². The maximum absolute atomic E-state index is 12.3. The molecule has 9 heteroatoms. The second-order valence-corrected chi connectivity index (χ2v) is 10.4. The van der Waals surface area contributed by atoms with E-state index < -0.39 is 5.60 Å². The third-order valence-corrected chi connectivity index (χ3v) is 7.81. The summed E-state index contributed by atoms with van der Waals surface area (Å²) in [6, 6.07) is 22.7. The van der Waals surface area contributed by atoms with Gasteiger partial charge < -0.3 is 14.4 Å². The van der Waals surface area contributed by atoms with Gasteiger partial charge in [0.2, 0.25) is 5.88 Å². The van der Waals surface area contributed by atoms with Crippen LogP contribution in [0.2, 0.25) is 10.0 Å². The van der Waals surface area contributed by atoms with Gasteiger partial charge in [-0.2, -0.15) is 5.10 Å². The molecule has 40 heavy (non-hydrogen) atoms. The number of imidazole rings is 1. The number of aryl methyl sites for hydroxylation is 1. The zero-order valence-electron chi connectivity index (χ0n) is 21.8. The van der Waals surface area contributed by atoms with Gasteiger partial charge >= 0.3 is 0 Å². The Labute approximate surface area is 241 Å². The highest BCUT2D eigenvalue weighted by molar-refractivity contribution is 6.36. The minimum absolute atomic E-state index is 0.459. The summed E-state index contributed by atoms with van der Waals surface area (Å²) in [5.41, 5.74) is 3.78. The fourth-order valence-electron chi connectivity index (χ4n) is 5.04. The van der Waals surface area contributed by atoms with Crippen LogP contribution in [-0.2, 0) is 19.1 Å². The maximum atomic E-state index is 12.3. The zero-order chi connectivity index (χ0) is 27.9. The average Bonchev–Trinajstić information content (AvgIpc) is 3.67. The van der Waals surface area contributed by atoms with Crippen molar-refractivity contribution in [1.29, 1.82) is 0 Å². The van der Waals surface area contributed by atoms with Crippen LogP contribution in [0.1, 0.15) is 27.9 Å². The molecule has 1 N–H and O–H groups in total. The van der Waals surface area contributed by atoms with E-state index in [0.717, 1.165) is 16.8 Å². The number of ether oxygens (including phenoxy) is 1. The smallest absolute Gasteiger partial charge is 0.218 e. The third kappa shape index (κ3) is 4.52. The van der Waals surface area contributed by atoms with E-state index in [4.69, 9.17) is 32.9 Å². The van der Waals surface area contributed by atoms with Crippen LogP contribution < -0.4 is 4.74 Å². The van der Waals surface area contributed by atoms with Gasteiger partial charge in [-0.05, 0) is 59.2 Å². The summed E-state index contributed by atoms with van der Waals surface area (Å²) in [6.07, 6.45) is 7.47. The molecule has 6 rings (SSSR count). The van der Waals surface area contributed by atoms with E-state index in [2.05, 4.69) is 10.1 Å². The van der Waals surface area contributed by atoms with Crippen LogP contribution >= 0.6 is 23.2 Å². The predicted molar refractivity (Wildman–Crippen MR) is 156 cm³/mol. The molecule has 0 aliphatic carbocycles. The number of aromatic nitrogens is 5. The summed E-state index contributed by atoms with van der Waals surface area (Å²) in [5.74, 6) is 0.459. The van der Waals surface area contributed by atoms with Gasteiger partial charge in [0, 0.05) is 41.8 Å². The van der Waals surface area contributed by atoms with Crippen molar-refractivity contribution in [3.8, 4) is 11.6 Å². The lowest BCUT2D eigenvalue weighted by atomic mass is 9.83. The van der Waals surface area contributed by atoms with Gasteiger partial charge in [0.05, 0.1) is 41.6 Å². The number of pyridine rings is 1. The number of benzene rings is 3. The van der Waals surface area contributed by atoms with Gasteiger partial charge in [0.15, 0.2) is 5.60 Å². The summed E-state index contributed by atoms with van der Waals surface area (Å²) in [7, 11) is 3.43. The summed E-state index contributed by atoms with van der Waals surface area (Å²) in [5, 5.41) is 18.4.